The van der Waals surface area contributed by atoms with Crippen molar-refractivity contribution in [1.29, 1.82) is 0 Å². The molecule has 124 valence electrons. The van der Waals surface area contributed by atoms with Crippen molar-refractivity contribution in [2.45, 2.75) is 25.9 Å². The largest absolute Gasteiger partial charge is 0.376 e. The Balaban J connectivity index is 1.72. The second-order valence-electron chi connectivity index (χ2n) is 6.02. The van der Waals surface area contributed by atoms with Crippen molar-refractivity contribution in [2.75, 3.05) is 13.2 Å². The van der Waals surface area contributed by atoms with Gasteiger partial charge in [0.2, 0.25) is 0 Å². The van der Waals surface area contributed by atoms with Crippen LogP contribution in [0.4, 0.5) is 0 Å². The second-order valence-corrected chi connectivity index (χ2v) is 6.02. The van der Waals surface area contributed by atoms with E-state index in [4.69, 9.17) is 4.74 Å². The van der Waals surface area contributed by atoms with Gasteiger partial charge in [-0.15, -0.1) is 5.10 Å². The highest BCUT2D eigenvalue weighted by atomic mass is 16.5. The highest BCUT2D eigenvalue weighted by Crippen LogP contribution is 2.15. The number of hydrogen-bond donors (Lipinski definition) is 2. The Morgan fingerprint density at radius 1 is 1.50 bits per heavy atom. The zero-order valence-corrected chi connectivity index (χ0v) is 13.2. The van der Waals surface area contributed by atoms with E-state index in [1.807, 2.05) is 25.1 Å². The van der Waals surface area contributed by atoms with Gasteiger partial charge in [0, 0.05) is 13.2 Å². The predicted octanol–water partition coefficient (Wildman–Crippen LogP) is 0.788. The topological polar surface area (TPSA) is 101 Å². The van der Waals surface area contributed by atoms with Crippen LogP contribution in [0.2, 0.25) is 0 Å². The SMILES string of the molecule is Cc1ccc2c(c1)[nH]c(=O)c1c(C(=O)NCC3CCCO3)nnn12. The number of aromatic amines is 1. The number of rotatable bonds is 3. The standard InChI is InChI=1S/C16H17N5O3/c1-9-4-5-12-11(7-9)18-16(23)14-13(19-20-21(12)14)15(22)17-8-10-3-2-6-24-10/h4-5,7,10H,2-3,6,8H2,1H3,(H,17,22)(H,18,23). The monoisotopic (exact) mass is 327 g/mol. The summed E-state index contributed by atoms with van der Waals surface area (Å²) in [5, 5.41) is 10.7. The lowest BCUT2D eigenvalue weighted by molar-refractivity contribution is 0.0855. The summed E-state index contributed by atoms with van der Waals surface area (Å²) in [7, 11) is 0. The third-order valence-electron chi connectivity index (χ3n) is 4.24. The van der Waals surface area contributed by atoms with Crippen molar-refractivity contribution in [2.24, 2.45) is 0 Å². The van der Waals surface area contributed by atoms with Gasteiger partial charge >= 0.3 is 0 Å². The number of aromatic nitrogens is 4. The summed E-state index contributed by atoms with van der Waals surface area (Å²) in [6.07, 6.45) is 1.95. The number of carbonyl (C=O) groups is 1. The van der Waals surface area contributed by atoms with Crippen LogP contribution < -0.4 is 10.9 Å². The van der Waals surface area contributed by atoms with Crippen LogP contribution >= 0.6 is 0 Å². The molecule has 0 bridgehead atoms. The number of amides is 1. The summed E-state index contributed by atoms with van der Waals surface area (Å²) >= 11 is 0. The first kappa shape index (κ1) is 14.8. The van der Waals surface area contributed by atoms with Crippen molar-refractivity contribution < 1.29 is 9.53 Å². The summed E-state index contributed by atoms with van der Waals surface area (Å²) in [5.41, 5.74) is 2.16. The van der Waals surface area contributed by atoms with Gasteiger partial charge in [-0.1, -0.05) is 11.3 Å². The maximum absolute atomic E-state index is 12.4. The van der Waals surface area contributed by atoms with E-state index < -0.39 is 5.91 Å². The van der Waals surface area contributed by atoms with Gasteiger partial charge in [0.1, 0.15) is 0 Å². The molecule has 1 amide bonds. The molecule has 0 spiro atoms. The molecule has 0 radical (unpaired) electrons. The summed E-state index contributed by atoms with van der Waals surface area (Å²) in [4.78, 5) is 27.6. The number of hydrogen-bond acceptors (Lipinski definition) is 5. The quantitative estimate of drug-likeness (QED) is 0.740. The molecular weight excluding hydrogens is 310 g/mol. The van der Waals surface area contributed by atoms with Gasteiger partial charge in [-0.05, 0) is 37.5 Å². The number of nitrogens with one attached hydrogen (secondary N) is 2. The van der Waals surface area contributed by atoms with Gasteiger partial charge in [-0.2, -0.15) is 0 Å². The van der Waals surface area contributed by atoms with E-state index in [-0.39, 0.29) is 22.9 Å². The van der Waals surface area contributed by atoms with Crippen LogP contribution in [0.1, 0.15) is 28.9 Å². The Bertz CT molecular complexity index is 984. The van der Waals surface area contributed by atoms with Crippen molar-refractivity contribution in [3.05, 3.63) is 39.8 Å². The fourth-order valence-electron chi connectivity index (χ4n) is 3.02. The minimum absolute atomic E-state index is 0.0247. The number of fused-ring (bicyclic) bond motifs is 3. The van der Waals surface area contributed by atoms with Gasteiger partial charge < -0.3 is 15.0 Å². The van der Waals surface area contributed by atoms with Crippen LogP contribution in [0.25, 0.3) is 16.6 Å². The number of ether oxygens (including phenoxy) is 1. The average molecular weight is 327 g/mol. The van der Waals surface area contributed by atoms with Gasteiger partial charge in [0.05, 0.1) is 17.1 Å². The Morgan fingerprint density at radius 2 is 2.38 bits per heavy atom. The maximum Gasteiger partial charge on any atom is 0.277 e. The molecule has 1 aliphatic heterocycles. The number of carbonyl (C=O) groups excluding carboxylic acids is 1. The third-order valence-corrected chi connectivity index (χ3v) is 4.24. The first-order valence-corrected chi connectivity index (χ1v) is 7.91. The molecule has 3 aromatic rings. The smallest absolute Gasteiger partial charge is 0.277 e. The molecule has 24 heavy (non-hydrogen) atoms. The van der Waals surface area contributed by atoms with E-state index in [0.29, 0.717) is 17.6 Å². The average Bonchev–Trinajstić information content (AvgIpc) is 3.22. The molecular formula is C16H17N5O3. The molecule has 0 saturated carbocycles. The first-order valence-electron chi connectivity index (χ1n) is 7.91. The van der Waals surface area contributed by atoms with Crippen LogP contribution in [0.15, 0.2) is 23.0 Å². The van der Waals surface area contributed by atoms with E-state index >= 15 is 0 Å². The fourth-order valence-corrected chi connectivity index (χ4v) is 3.02. The van der Waals surface area contributed by atoms with Crippen molar-refractivity contribution in [3.8, 4) is 0 Å². The van der Waals surface area contributed by atoms with Crippen LogP contribution in [0, 0.1) is 6.92 Å². The van der Waals surface area contributed by atoms with E-state index in [0.717, 1.165) is 25.0 Å². The van der Waals surface area contributed by atoms with Gasteiger partial charge in [0.25, 0.3) is 11.5 Å². The zero-order valence-electron chi connectivity index (χ0n) is 13.2. The molecule has 1 aromatic carbocycles. The maximum atomic E-state index is 12.4. The van der Waals surface area contributed by atoms with Crippen LogP contribution in [-0.2, 0) is 4.74 Å². The highest BCUT2D eigenvalue weighted by molar-refractivity contribution is 5.99. The van der Waals surface area contributed by atoms with E-state index in [1.165, 1.54) is 4.52 Å². The third kappa shape index (κ3) is 2.44. The molecule has 1 aliphatic rings. The van der Waals surface area contributed by atoms with Crippen molar-refractivity contribution >= 4 is 22.5 Å². The molecule has 0 aliphatic carbocycles. The molecule has 8 heteroatoms. The summed E-state index contributed by atoms with van der Waals surface area (Å²) < 4.78 is 6.89. The second kappa shape index (κ2) is 5.72. The number of H-pyrrole nitrogens is 1. The van der Waals surface area contributed by atoms with Crippen LogP contribution in [0.3, 0.4) is 0 Å². The zero-order chi connectivity index (χ0) is 16.7. The lowest BCUT2D eigenvalue weighted by Crippen LogP contribution is -2.32. The minimum atomic E-state index is -0.419. The number of benzene rings is 1. The molecule has 1 saturated heterocycles. The lowest BCUT2D eigenvalue weighted by atomic mass is 10.2. The lowest BCUT2D eigenvalue weighted by Gasteiger charge is -2.09. The minimum Gasteiger partial charge on any atom is -0.376 e. The van der Waals surface area contributed by atoms with Gasteiger partial charge in [-0.3, -0.25) is 9.59 Å². The van der Waals surface area contributed by atoms with Crippen molar-refractivity contribution in [3.63, 3.8) is 0 Å². The van der Waals surface area contributed by atoms with Gasteiger partial charge in [0.15, 0.2) is 11.2 Å². The molecule has 1 atom stereocenters. The van der Waals surface area contributed by atoms with E-state index in [9.17, 15) is 9.59 Å². The molecule has 3 heterocycles. The Hall–Kier alpha value is -2.74. The van der Waals surface area contributed by atoms with Crippen LogP contribution in [-0.4, -0.2) is 45.0 Å². The molecule has 2 aromatic heterocycles. The molecule has 8 nitrogen and oxygen atoms in total. The predicted molar refractivity (Wildman–Crippen MR) is 87.2 cm³/mol. The molecule has 4 rings (SSSR count). The number of nitrogens with zero attached hydrogens (tertiary/aromatic N) is 3. The van der Waals surface area contributed by atoms with E-state index in [1.54, 1.807) is 0 Å². The number of aryl methyl sites for hydroxylation is 1. The summed E-state index contributed by atoms with van der Waals surface area (Å²) in [6, 6.07) is 5.62. The summed E-state index contributed by atoms with van der Waals surface area (Å²) in [5.74, 6) is -0.419. The van der Waals surface area contributed by atoms with Crippen molar-refractivity contribution in [1.82, 2.24) is 25.1 Å². The normalized spacial score (nSPS) is 17.6. The highest BCUT2D eigenvalue weighted by Gasteiger charge is 2.22. The molecule has 2 N–H and O–H groups in total. The Kier molecular flexibility index (Phi) is 3.53. The Labute approximate surface area is 136 Å². The Morgan fingerprint density at radius 3 is 3.17 bits per heavy atom. The fraction of sp³-hybridized carbons (Fsp3) is 0.375. The summed E-state index contributed by atoms with van der Waals surface area (Å²) in [6.45, 7) is 3.07. The van der Waals surface area contributed by atoms with Crippen LogP contribution in [0.5, 0.6) is 0 Å². The first-order chi connectivity index (χ1) is 11.6. The molecule has 1 fully saturated rings. The molecule has 1 unspecified atom stereocenters. The van der Waals surface area contributed by atoms with E-state index in [2.05, 4.69) is 20.6 Å². The van der Waals surface area contributed by atoms with Gasteiger partial charge in [-0.25, -0.2) is 4.52 Å².